The highest BCUT2D eigenvalue weighted by molar-refractivity contribution is 9.10. The van der Waals surface area contributed by atoms with Crippen molar-refractivity contribution >= 4 is 15.9 Å². The predicted octanol–water partition coefficient (Wildman–Crippen LogP) is 3.18. The fourth-order valence-electron chi connectivity index (χ4n) is 2.62. The number of hydrogen-bond acceptors (Lipinski definition) is 3. The van der Waals surface area contributed by atoms with Crippen molar-refractivity contribution < 1.29 is 4.74 Å². The number of halogens is 1. The molecule has 0 amide bonds. The van der Waals surface area contributed by atoms with E-state index in [-0.39, 0.29) is 0 Å². The van der Waals surface area contributed by atoms with Crippen molar-refractivity contribution in [3.8, 4) is 0 Å². The van der Waals surface area contributed by atoms with Crippen LogP contribution in [0.25, 0.3) is 0 Å². The molecule has 2 heterocycles. The maximum Gasteiger partial charge on any atom is 0.0551 e. The average molecular weight is 327 g/mol. The molecule has 0 radical (unpaired) electrons. The Morgan fingerprint density at radius 3 is 2.95 bits per heavy atom. The SMILES string of the molecule is CCCNC(Cc1ccc(Br)cn1)C1COC(C)C1. The number of nitrogens with zero attached hydrogens (tertiary/aromatic N) is 1. The molecule has 0 bridgehead atoms. The van der Waals surface area contributed by atoms with Gasteiger partial charge in [-0.2, -0.15) is 0 Å². The first-order chi connectivity index (χ1) is 9.19. The lowest BCUT2D eigenvalue weighted by atomic mass is 9.93. The molecule has 1 N–H and O–H groups in total. The minimum Gasteiger partial charge on any atom is -0.378 e. The van der Waals surface area contributed by atoms with Crippen molar-refractivity contribution in [1.82, 2.24) is 10.3 Å². The number of aromatic nitrogens is 1. The van der Waals surface area contributed by atoms with Crippen LogP contribution >= 0.6 is 15.9 Å². The molecule has 1 aliphatic heterocycles. The Labute approximate surface area is 124 Å². The fourth-order valence-corrected chi connectivity index (χ4v) is 2.85. The van der Waals surface area contributed by atoms with Crippen molar-refractivity contribution in [3.63, 3.8) is 0 Å². The van der Waals surface area contributed by atoms with E-state index in [1.807, 2.05) is 6.20 Å². The van der Waals surface area contributed by atoms with Crippen LogP contribution in [-0.2, 0) is 11.2 Å². The van der Waals surface area contributed by atoms with Crippen molar-refractivity contribution in [2.75, 3.05) is 13.2 Å². The third kappa shape index (κ3) is 4.55. The summed E-state index contributed by atoms with van der Waals surface area (Å²) >= 11 is 3.43. The van der Waals surface area contributed by atoms with Gasteiger partial charge in [0, 0.05) is 34.7 Å². The highest BCUT2D eigenvalue weighted by Gasteiger charge is 2.29. The van der Waals surface area contributed by atoms with E-state index in [0.717, 1.165) is 42.6 Å². The Balaban J connectivity index is 1.98. The zero-order chi connectivity index (χ0) is 13.7. The van der Waals surface area contributed by atoms with E-state index in [1.165, 1.54) is 0 Å². The van der Waals surface area contributed by atoms with Gasteiger partial charge in [0.1, 0.15) is 0 Å². The quantitative estimate of drug-likeness (QED) is 0.871. The first-order valence-corrected chi connectivity index (χ1v) is 7.93. The summed E-state index contributed by atoms with van der Waals surface area (Å²) in [5.41, 5.74) is 1.15. The molecule has 4 heteroatoms. The van der Waals surface area contributed by atoms with E-state index >= 15 is 0 Å². The van der Waals surface area contributed by atoms with Gasteiger partial charge in [0.25, 0.3) is 0 Å². The number of rotatable bonds is 6. The summed E-state index contributed by atoms with van der Waals surface area (Å²) in [6.45, 7) is 6.30. The summed E-state index contributed by atoms with van der Waals surface area (Å²) in [5.74, 6) is 0.604. The van der Waals surface area contributed by atoms with Gasteiger partial charge >= 0.3 is 0 Å². The van der Waals surface area contributed by atoms with Gasteiger partial charge in [-0.3, -0.25) is 4.98 Å². The van der Waals surface area contributed by atoms with E-state index < -0.39 is 0 Å². The molecule has 3 unspecified atom stereocenters. The second-order valence-corrected chi connectivity index (χ2v) is 6.29. The Morgan fingerprint density at radius 1 is 1.53 bits per heavy atom. The average Bonchev–Trinajstić information content (AvgIpc) is 2.83. The smallest absolute Gasteiger partial charge is 0.0551 e. The van der Waals surface area contributed by atoms with Crippen LogP contribution in [0.4, 0.5) is 0 Å². The summed E-state index contributed by atoms with van der Waals surface area (Å²) in [4.78, 5) is 4.49. The Morgan fingerprint density at radius 2 is 2.37 bits per heavy atom. The van der Waals surface area contributed by atoms with E-state index in [4.69, 9.17) is 4.74 Å². The van der Waals surface area contributed by atoms with Crippen LogP contribution in [0.2, 0.25) is 0 Å². The monoisotopic (exact) mass is 326 g/mol. The molecule has 1 aromatic heterocycles. The van der Waals surface area contributed by atoms with Crippen molar-refractivity contribution in [2.45, 2.75) is 45.3 Å². The third-order valence-electron chi connectivity index (χ3n) is 3.67. The summed E-state index contributed by atoms with van der Waals surface area (Å²) in [6, 6.07) is 4.63. The van der Waals surface area contributed by atoms with Crippen LogP contribution in [0.3, 0.4) is 0 Å². The van der Waals surface area contributed by atoms with E-state index in [0.29, 0.717) is 18.1 Å². The molecule has 1 aromatic rings. The summed E-state index contributed by atoms with van der Waals surface area (Å²) in [7, 11) is 0. The van der Waals surface area contributed by atoms with Gasteiger partial charge in [0.2, 0.25) is 0 Å². The van der Waals surface area contributed by atoms with Crippen molar-refractivity contribution in [1.29, 1.82) is 0 Å². The number of hydrogen-bond donors (Lipinski definition) is 1. The van der Waals surface area contributed by atoms with Crippen LogP contribution in [0, 0.1) is 5.92 Å². The van der Waals surface area contributed by atoms with Crippen molar-refractivity contribution in [2.24, 2.45) is 5.92 Å². The maximum absolute atomic E-state index is 5.72. The molecule has 0 aromatic carbocycles. The molecule has 1 aliphatic rings. The molecule has 3 nitrogen and oxygen atoms in total. The largest absolute Gasteiger partial charge is 0.378 e. The van der Waals surface area contributed by atoms with E-state index in [1.54, 1.807) is 0 Å². The molecule has 0 saturated carbocycles. The zero-order valence-corrected chi connectivity index (χ0v) is 13.3. The van der Waals surface area contributed by atoms with Crippen LogP contribution in [0.15, 0.2) is 22.8 Å². The number of ether oxygens (including phenoxy) is 1. The molecule has 0 spiro atoms. The lowest BCUT2D eigenvalue weighted by Gasteiger charge is -2.23. The Kier molecular flexibility index (Phi) is 5.79. The van der Waals surface area contributed by atoms with Gasteiger partial charge in [0.15, 0.2) is 0 Å². The Bertz CT molecular complexity index is 382. The zero-order valence-electron chi connectivity index (χ0n) is 11.7. The minimum atomic E-state index is 0.397. The van der Waals surface area contributed by atoms with Gasteiger partial charge in [-0.25, -0.2) is 0 Å². The molecule has 0 aliphatic carbocycles. The van der Waals surface area contributed by atoms with E-state index in [2.05, 4.69) is 52.2 Å². The van der Waals surface area contributed by atoms with Crippen LogP contribution in [-0.4, -0.2) is 30.3 Å². The number of nitrogens with one attached hydrogen (secondary N) is 1. The molecule has 1 saturated heterocycles. The van der Waals surface area contributed by atoms with E-state index in [9.17, 15) is 0 Å². The second-order valence-electron chi connectivity index (χ2n) is 5.37. The summed E-state index contributed by atoms with van der Waals surface area (Å²) in [6.07, 6.45) is 5.56. The first kappa shape index (κ1) is 14.9. The molecule has 19 heavy (non-hydrogen) atoms. The van der Waals surface area contributed by atoms with Gasteiger partial charge in [-0.15, -0.1) is 0 Å². The fraction of sp³-hybridized carbons (Fsp3) is 0.667. The normalized spacial score (nSPS) is 24.6. The minimum absolute atomic E-state index is 0.397. The predicted molar refractivity (Wildman–Crippen MR) is 81.2 cm³/mol. The van der Waals surface area contributed by atoms with Crippen molar-refractivity contribution in [3.05, 3.63) is 28.5 Å². The van der Waals surface area contributed by atoms with Gasteiger partial charge < -0.3 is 10.1 Å². The van der Waals surface area contributed by atoms with Gasteiger partial charge in [-0.1, -0.05) is 6.92 Å². The molecule has 106 valence electrons. The molecular formula is C15H23BrN2O. The second kappa shape index (κ2) is 7.36. The van der Waals surface area contributed by atoms with Crippen LogP contribution in [0.5, 0.6) is 0 Å². The molecule has 1 fully saturated rings. The highest BCUT2D eigenvalue weighted by atomic mass is 79.9. The van der Waals surface area contributed by atoms with Crippen LogP contribution in [0.1, 0.15) is 32.4 Å². The molecular weight excluding hydrogens is 304 g/mol. The summed E-state index contributed by atoms with van der Waals surface area (Å²) in [5, 5.41) is 3.66. The van der Waals surface area contributed by atoms with Gasteiger partial charge in [-0.05, 0) is 54.4 Å². The third-order valence-corrected chi connectivity index (χ3v) is 4.14. The number of pyridine rings is 1. The molecule has 2 rings (SSSR count). The topological polar surface area (TPSA) is 34.2 Å². The standard InChI is InChI=1S/C15H23BrN2O/c1-3-6-17-15(12-7-11(2)19-10-12)8-14-5-4-13(16)9-18-14/h4-5,9,11-12,15,17H,3,6-8,10H2,1-2H3. The van der Waals surface area contributed by atoms with Crippen LogP contribution < -0.4 is 5.32 Å². The first-order valence-electron chi connectivity index (χ1n) is 7.14. The maximum atomic E-state index is 5.72. The highest BCUT2D eigenvalue weighted by Crippen LogP contribution is 2.24. The molecule has 3 atom stereocenters. The summed E-state index contributed by atoms with van der Waals surface area (Å²) < 4.78 is 6.75. The Hall–Kier alpha value is -0.450. The van der Waals surface area contributed by atoms with Gasteiger partial charge in [0.05, 0.1) is 12.7 Å². The lowest BCUT2D eigenvalue weighted by molar-refractivity contribution is 0.116. The lowest BCUT2D eigenvalue weighted by Crippen LogP contribution is -2.39.